The highest BCUT2D eigenvalue weighted by Crippen LogP contribution is 2.30. The zero-order valence-corrected chi connectivity index (χ0v) is 15.8. The van der Waals surface area contributed by atoms with Crippen molar-refractivity contribution in [2.75, 3.05) is 19.7 Å². The molecule has 0 unspecified atom stereocenters. The number of likely N-dealkylation sites (tertiary alicyclic amines) is 1. The van der Waals surface area contributed by atoms with Gasteiger partial charge in [-0.15, -0.1) is 0 Å². The molecule has 1 amide bonds. The van der Waals surface area contributed by atoms with E-state index in [4.69, 9.17) is 9.84 Å². The number of hydrogen-bond acceptors (Lipinski definition) is 4. The highest BCUT2D eigenvalue weighted by Gasteiger charge is 2.36. The minimum atomic E-state index is -1.02. The SMILES string of the molecule is CC(C)(Oc1ccc(F)cc1)C(=O)N1CCC(c2ccnn2CCO)CC1. The fourth-order valence-corrected chi connectivity index (χ4v) is 3.57. The Kier molecular flexibility index (Phi) is 5.79. The van der Waals surface area contributed by atoms with Crippen LogP contribution >= 0.6 is 0 Å². The molecule has 6 nitrogen and oxygen atoms in total. The van der Waals surface area contributed by atoms with Crippen LogP contribution in [0.3, 0.4) is 0 Å². The third kappa shape index (κ3) is 4.47. The van der Waals surface area contributed by atoms with E-state index in [9.17, 15) is 9.18 Å². The summed E-state index contributed by atoms with van der Waals surface area (Å²) in [4.78, 5) is 14.8. The molecule has 1 saturated heterocycles. The number of rotatable bonds is 6. The summed E-state index contributed by atoms with van der Waals surface area (Å²) in [5.41, 5.74) is 0.0848. The smallest absolute Gasteiger partial charge is 0.266 e. The van der Waals surface area contributed by atoms with Gasteiger partial charge in [0.1, 0.15) is 11.6 Å². The maximum Gasteiger partial charge on any atom is 0.266 e. The molecular weight excluding hydrogens is 349 g/mol. The van der Waals surface area contributed by atoms with Crippen LogP contribution in [0.4, 0.5) is 4.39 Å². The van der Waals surface area contributed by atoms with Crippen molar-refractivity contribution in [3.8, 4) is 5.75 Å². The molecule has 1 aliphatic rings. The van der Waals surface area contributed by atoms with Crippen molar-refractivity contribution in [3.05, 3.63) is 48.0 Å². The normalized spacial score (nSPS) is 15.8. The predicted octanol–water partition coefficient (Wildman–Crippen LogP) is 2.58. The van der Waals surface area contributed by atoms with Crippen LogP contribution in [0.2, 0.25) is 0 Å². The van der Waals surface area contributed by atoms with Gasteiger partial charge in [-0.2, -0.15) is 5.10 Å². The maximum absolute atomic E-state index is 13.0. The van der Waals surface area contributed by atoms with Crippen molar-refractivity contribution >= 4 is 5.91 Å². The molecule has 0 saturated carbocycles. The summed E-state index contributed by atoms with van der Waals surface area (Å²) in [5.74, 6) is 0.380. The van der Waals surface area contributed by atoms with Crippen LogP contribution in [0.25, 0.3) is 0 Å². The topological polar surface area (TPSA) is 67.6 Å². The van der Waals surface area contributed by atoms with E-state index >= 15 is 0 Å². The monoisotopic (exact) mass is 375 g/mol. The molecule has 0 bridgehead atoms. The van der Waals surface area contributed by atoms with E-state index in [2.05, 4.69) is 5.10 Å². The summed E-state index contributed by atoms with van der Waals surface area (Å²) in [7, 11) is 0. The lowest BCUT2D eigenvalue weighted by molar-refractivity contribution is -0.146. The van der Waals surface area contributed by atoms with Gasteiger partial charge in [0.05, 0.1) is 13.2 Å². The van der Waals surface area contributed by atoms with Gasteiger partial charge in [-0.3, -0.25) is 9.48 Å². The lowest BCUT2D eigenvalue weighted by Gasteiger charge is -2.37. The Morgan fingerprint density at radius 3 is 2.56 bits per heavy atom. The second-order valence-electron chi connectivity index (χ2n) is 7.34. The summed E-state index contributed by atoms with van der Waals surface area (Å²) in [6.45, 7) is 5.30. The van der Waals surface area contributed by atoms with Crippen molar-refractivity contribution in [1.29, 1.82) is 0 Å². The number of aliphatic hydroxyl groups excluding tert-OH is 1. The van der Waals surface area contributed by atoms with Crippen molar-refractivity contribution in [1.82, 2.24) is 14.7 Å². The summed E-state index contributed by atoms with van der Waals surface area (Å²) >= 11 is 0. The molecule has 1 N–H and O–H groups in total. The quantitative estimate of drug-likeness (QED) is 0.843. The number of ether oxygens (including phenoxy) is 1. The molecule has 7 heteroatoms. The molecule has 2 aromatic rings. The number of carbonyl (C=O) groups is 1. The molecule has 3 rings (SSSR count). The first-order valence-electron chi connectivity index (χ1n) is 9.27. The molecule has 0 atom stereocenters. The van der Waals surface area contributed by atoms with Crippen LogP contribution in [0.15, 0.2) is 36.5 Å². The van der Waals surface area contributed by atoms with Gasteiger partial charge in [0.25, 0.3) is 5.91 Å². The first kappa shape index (κ1) is 19.4. The van der Waals surface area contributed by atoms with Gasteiger partial charge in [-0.1, -0.05) is 0 Å². The number of aromatic nitrogens is 2. The number of carbonyl (C=O) groups excluding carboxylic acids is 1. The maximum atomic E-state index is 13.0. The molecule has 1 aromatic carbocycles. The van der Waals surface area contributed by atoms with E-state index in [-0.39, 0.29) is 18.3 Å². The van der Waals surface area contributed by atoms with E-state index in [0.29, 0.717) is 31.3 Å². The average molecular weight is 375 g/mol. The lowest BCUT2D eigenvalue weighted by atomic mass is 9.92. The predicted molar refractivity (Wildman–Crippen MR) is 99.0 cm³/mol. The molecular formula is C20H26FN3O3. The lowest BCUT2D eigenvalue weighted by Crippen LogP contribution is -2.51. The molecule has 0 aliphatic carbocycles. The number of piperidine rings is 1. The zero-order chi connectivity index (χ0) is 19.4. The van der Waals surface area contributed by atoms with Crippen LogP contribution in [-0.2, 0) is 11.3 Å². The Balaban J connectivity index is 1.60. The molecule has 27 heavy (non-hydrogen) atoms. The van der Waals surface area contributed by atoms with Crippen molar-refractivity contribution in [2.45, 2.75) is 44.8 Å². The third-order valence-electron chi connectivity index (χ3n) is 4.96. The fraction of sp³-hybridized carbons (Fsp3) is 0.500. The first-order valence-corrected chi connectivity index (χ1v) is 9.27. The van der Waals surface area contributed by atoms with Crippen molar-refractivity contribution in [2.24, 2.45) is 0 Å². The van der Waals surface area contributed by atoms with Crippen LogP contribution in [0.5, 0.6) is 5.75 Å². The van der Waals surface area contributed by atoms with Crippen LogP contribution in [0, 0.1) is 5.82 Å². The second-order valence-corrected chi connectivity index (χ2v) is 7.34. The highest BCUT2D eigenvalue weighted by molar-refractivity contribution is 5.85. The van der Waals surface area contributed by atoms with E-state index < -0.39 is 5.60 Å². The standard InChI is InChI=1S/C20H26FN3O3/c1-20(2,27-17-5-3-16(21)4-6-17)19(26)23-11-8-15(9-12-23)18-7-10-22-24(18)13-14-25/h3-7,10,15,25H,8-9,11-14H2,1-2H3. The zero-order valence-electron chi connectivity index (χ0n) is 15.8. The Morgan fingerprint density at radius 2 is 1.93 bits per heavy atom. The molecule has 1 fully saturated rings. The van der Waals surface area contributed by atoms with Gasteiger partial charge < -0.3 is 14.7 Å². The van der Waals surface area contributed by atoms with Gasteiger partial charge in [0, 0.05) is 30.9 Å². The van der Waals surface area contributed by atoms with E-state index in [1.165, 1.54) is 24.3 Å². The number of aliphatic hydroxyl groups is 1. The molecule has 1 aliphatic heterocycles. The van der Waals surface area contributed by atoms with Crippen molar-refractivity contribution < 1.29 is 19.0 Å². The van der Waals surface area contributed by atoms with Gasteiger partial charge in [0.2, 0.25) is 0 Å². The number of nitrogens with zero attached hydrogens (tertiary/aromatic N) is 3. The van der Waals surface area contributed by atoms with Crippen molar-refractivity contribution in [3.63, 3.8) is 0 Å². The van der Waals surface area contributed by atoms with E-state index in [1.807, 2.05) is 15.6 Å². The minimum absolute atomic E-state index is 0.0565. The summed E-state index contributed by atoms with van der Waals surface area (Å²) in [6.07, 6.45) is 3.44. The number of hydrogen-bond donors (Lipinski definition) is 1. The second kappa shape index (κ2) is 8.08. The van der Waals surface area contributed by atoms with Gasteiger partial charge >= 0.3 is 0 Å². The highest BCUT2D eigenvalue weighted by atomic mass is 19.1. The number of benzene rings is 1. The number of halogens is 1. The van der Waals surface area contributed by atoms with E-state index in [0.717, 1.165) is 18.5 Å². The van der Waals surface area contributed by atoms with Gasteiger partial charge in [0.15, 0.2) is 5.60 Å². The number of amides is 1. The van der Waals surface area contributed by atoms with Crippen LogP contribution in [-0.4, -0.2) is 51.0 Å². The molecule has 146 valence electrons. The van der Waals surface area contributed by atoms with Crippen LogP contribution in [0.1, 0.15) is 38.3 Å². The van der Waals surface area contributed by atoms with Gasteiger partial charge in [-0.05, 0) is 57.0 Å². The first-order chi connectivity index (χ1) is 12.9. The summed E-state index contributed by atoms with van der Waals surface area (Å²) in [5, 5.41) is 13.4. The molecule has 2 heterocycles. The molecule has 1 aromatic heterocycles. The summed E-state index contributed by atoms with van der Waals surface area (Å²) in [6, 6.07) is 7.67. The summed E-state index contributed by atoms with van der Waals surface area (Å²) < 4.78 is 20.7. The Morgan fingerprint density at radius 1 is 1.26 bits per heavy atom. The van der Waals surface area contributed by atoms with E-state index in [1.54, 1.807) is 20.0 Å². The Bertz CT molecular complexity index is 765. The molecule has 0 radical (unpaired) electrons. The minimum Gasteiger partial charge on any atom is -0.478 e. The largest absolute Gasteiger partial charge is 0.478 e. The fourth-order valence-electron chi connectivity index (χ4n) is 3.57. The van der Waals surface area contributed by atoms with Crippen LogP contribution < -0.4 is 4.74 Å². The average Bonchev–Trinajstić information content (AvgIpc) is 3.11. The van der Waals surface area contributed by atoms with Gasteiger partial charge in [-0.25, -0.2) is 4.39 Å². The molecule has 0 spiro atoms. The Hall–Kier alpha value is -2.41. The third-order valence-corrected chi connectivity index (χ3v) is 4.96. The Labute approximate surface area is 158 Å².